The summed E-state index contributed by atoms with van der Waals surface area (Å²) in [4.78, 5) is 0. The van der Waals surface area contributed by atoms with Crippen LogP contribution in [0.2, 0.25) is 0 Å². The van der Waals surface area contributed by atoms with Gasteiger partial charge in [0.05, 0.1) is 0 Å². The van der Waals surface area contributed by atoms with Crippen molar-refractivity contribution in [2.45, 2.75) is 39.0 Å². The number of rotatable bonds is 3. The molecule has 0 aliphatic heterocycles. The molecular weight excluding hydrogens is 248 g/mol. The summed E-state index contributed by atoms with van der Waals surface area (Å²) in [5, 5.41) is 1.16. The molecule has 1 aromatic carbocycles. The molecule has 1 saturated carbocycles. The zero-order chi connectivity index (χ0) is 10.7. The summed E-state index contributed by atoms with van der Waals surface area (Å²) in [5.41, 5.74) is 3.54. The van der Waals surface area contributed by atoms with Gasteiger partial charge in [0.15, 0.2) is 0 Å². The Morgan fingerprint density at radius 2 is 1.87 bits per heavy atom. The van der Waals surface area contributed by atoms with Crippen molar-refractivity contribution >= 4 is 15.9 Å². The van der Waals surface area contributed by atoms with Gasteiger partial charge in [-0.05, 0) is 42.7 Å². The van der Waals surface area contributed by atoms with Gasteiger partial charge in [-0.3, -0.25) is 0 Å². The van der Waals surface area contributed by atoms with E-state index in [2.05, 4.69) is 47.1 Å². The average Bonchev–Trinajstić information content (AvgIpc) is 2.71. The summed E-state index contributed by atoms with van der Waals surface area (Å²) < 4.78 is 0. The Kier molecular flexibility index (Phi) is 3.50. The maximum atomic E-state index is 3.72. The molecule has 0 aromatic heterocycles. The van der Waals surface area contributed by atoms with Crippen LogP contribution in [0.4, 0.5) is 0 Å². The van der Waals surface area contributed by atoms with Crippen LogP contribution in [-0.4, -0.2) is 5.33 Å². The normalized spacial score (nSPS) is 19.3. The maximum absolute atomic E-state index is 3.72. The van der Waals surface area contributed by atoms with Crippen molar-refractivity contribution in [3.05, 3.63) is 35.4 Å². The summed E-state index contributed by atoms with van der Waals surface area (Å²) in [7, 11) is 0. The van der Waals surface area contributed by atoms with Crippen molar-refractivity contribution in [2.75, 3.05) is 5.33 Å². The van der Waals surface area contributed by atoms with Crippen molar-refractivity contribution in [3.63, 3.8) is 0 Å². The highest BCUT2D eigenvalue weighted by molar-refractivity contribution is 9.09. The third-order valence-electron chi connectivity index (χ3n) is 3.77. The molecule has 0 nitrogen and oxygen atoms in total. The first kappa shape index (κ1) is 11.2. The standard InChI is InChI=1S/C14H19Br/c1-12-6-2-3-7-13(12)10-14(11-15)8-4-5-9-14/h2-3,6-7H,4-5,8-11H2,1H3. The van der Waals surface area contributed by atoms with Gasteiger partial charge in [-0.1, -0.05) is 53.0 Å². The number of hydrogen-bond acceptors (Lipinski definition) is 0. The Balaban J connectivity index is 2.16. The fourth-order valence-electron chi connectivity index (χ4n) is 2.70. The van der Waals surface area contributed by atoms with Gasteiger partial charge in [0.1, 0.15) is 0 Å². The predicted octanol–water partition coefficient (Wildman–Crippen LogP) is 4.49. The van der Waals surface area contributed by atoms with Crippen LogP contribution in [0.1, 0.15) is 36.8 Å². The first-order chi connectivity index (χ1) is 7.26. The molecule has 0 heterocycles. The molecule has 82 valence electrons. The molecule has 0 spiro atoms. The molecule has 0 bridgehead atoms. The molecule has 0 saturated heterocycles. The number of benzene rings is 1. The Bertz CT molecular complexity index is 324. The van der Waals surface area contributed by atoms with Gasteiger partial charge >= 0.3 is 0 Å². The topological polar surface area (TPSA) is 0 Å². The number of alkyl halides is 1. The van der Waals surface area contributed by atoms with Crippen LogP contribution >= 0.6 is 15.9 Å². The van der Waals surface area contributed by atoms with E-state index in [9.17, 15) is 0 Å². The summed E-state index contributed by atoms with van der Waals surface area (Å²) in [5.74, 6) is 0. The Morgan fingerprint density at radius 1 is 1.20 bits per heavy atom. The molecule has 0 atom stereocenters. The van der Waals surface area contributed by atoms with Crippen molar-refractivity contribution in [2.24, 2.45) is 5.41 Å². The Hall–Kier alpha value is -0.300. The van der Waals surface area contributed by atoms with Crippen molar-refractivity contribution in [3.8, 4) is 0 Å². The number of aryl methyl sites for hydroxylation is 1. The van der Waals surface area contributed by atoms with Crippen molar-refractivity contribution in [1.82, 2.24) is 0 Å². The van der Waals surface area contributed by atoms with E-state index in [1.165, 1.54) is 37.7 Å². The summed E-state index contributed by atoms with van der Waals surface area (Å²) >= 11 is 3.72. The van der Waals surface area contributed by atoms with Crippen LogP contribution in [0.15, 0.2) is 24.3 Å². The number of hydrogen-bond donors (Lipinski definition) is 0. The average molecular weight is 267 g/mol. The Labute approximate surface area is 101 Å². The molecule has 1 aliphatic rings. The van der Waals surface area contributed by atoms with Crippen molar-refractivity contribution in [1.29, 1.82) is 0 Å². The van der Waals surface area contributed by atoms with Crippen LogP contribution in [-0.2, 0) is 6.42 Å². The van der Waals surface area contributed by atoms with E-state index < -0.39 is 0 Å². The second-order valence-electron chi connectivity index (χ2n) is 4.94. The van der Waals surface area contributed by atoms with E-state index in [0.717, 1.165) is 5.33 Å². The van der Waals surface area contributed by atoms with E-state index in [1.54, 1.807) is 5.56 Å². The first-order valence-electron chi connectivity index (χ1n) is 5.86. The van der Waals surface area contributed by atoms with E-state index in [1.807, 2.05) is 0 Å². The lowest BCUT2D eigenvalue weighted by Gasteiger charge is -2.27. The third-order valence-corrected chi connectivity index (χ3v) is 4.96. The predicted molar refractivity (Wildman–Crippen MR) is 69.6 cm³/mol. The molecule has 2 rings (SSSR count). The molecular formula is C14H19Br. The maximum Gasteiger partial charge on any atom is 0.00911 e. The number of halogens is 1. The van der Waals surface area contributed by atoms with Gasteiger partial charge in [-0.2, -0.15) is 0 Å². The quantitative estimate of drug-likeness (QED) is 0.708. The fraction of sp³-hybridized carbons (Fsp3) is 0.571. The van der Waals surface area contributed by atoms with E-state index >= 15 is 0 Å². The monoisotopic (exact) mass is 266 g/mol. The molecule has 0 unspecified atom stereocenters. The SMILES string of the molecule is Cc1ccccc1CC1(CBr)CCCC1. The smallest absolute Gasteiger partial charge is 0.00911 e. The van der Waals surface area contributed by atoms with Crippen LogP contribution in [0.25, 0.3) is 0 Å². The highest BCUT2D eigenvalue weighted by atomic mass is 79.9. The molecule has 0 N–H and O–H groups in total. The van der Waals surface area contributed by atoms with Crippen LogP contribution in [0, 0.1) is 12.3 Å². The van der Waals surface area contributed by atoms with Crippen LogP contribution in [0.3, 0.4) is 0 Å². The summed E-state index contributed by atoms with van der Waals surface area (Å²) in [6.07, 6.45) is 6.87. The fourth-order valence-corrected chi connectivity index (χ4v) is 3.45. The van der Waals surface area contributed by atoms with Gasteiger partial charge in [-0.15, -0.1) is 0 Å². The molecule has 15 heavy (non-hydrogen) atoms. The van der Waals surface area contributed by atoms with Gasteiger partial charge in [0.25, 0.3) is 0 Å². The molecule has 1 heteroatoms. The highest BCUT2D eigenvalue weighted by Gasteiger charge is 2.32. The zero-order valence-electron chi connectivity index (χ0n) is 9.43. The minimum absolute atomic E-state index is 0.548. The van der Waals surface area contributed by atoms with Crippen LogP contribution < -0.4 is 0 Å². The molecule has 1 aliphatic carbocycles. The van der Waals surface area contributed by atoms with Gasteiger partial charge in [-0.25, -0.2) is 0 Å². The lowest BCUT2D eigenvalue weighted by molar-refractivity contribution is 0.346. The highest BCUT2D eigenvalue weighted by Crippen LogP contribution is 2.42. The molecule has 1 aromatic rings. The molecule has 0 amide bonds. The lowest BCUT2D eigenvalue weighted by atomic mass is 9.81. The minimum atomic E-state index is 0.548. The second-order valence-corrected chi connectivity index (χ2v) is 5.50. The third kappa shape index (κ3) is 2.44. The van der Waals surface area contributed by atoms with E-state index in [-0.39, 0.29) is 0 Å². The molecule has 1 fully saturated rings. The summed E-state index contributed by atoms with van der Waals surface area (Å²) in [6, 6.07) is 8.82. The zero-order valence-corrected chi connectivity index (χ0v) is 11.0. The van der Waals surface area contributed by atoms with Gasteiger partial charge in [0, 0.05) is 5.33 Å². The van der Waals surface area contributed by atoms with E-state index in [0.29, 0.717) is 5.41 Å². The second kappa shape index (κ2) is 4.69. The van der Waals surface area contributed by atoms with Gasteiger partial charge in [0.2, 0.25) is 0 Å². The van der Waals surface area contributed by atoms with Crippen molar-refractivity contribution < 1.29 is 0 Å². The van der Waals surface area contributed by atoms with Crippen LogP contribution in [0.5, 0.6) is 0 Å². The summed E-state index contributed by atoms with van der Waals surface area (Å²) in [6.45, 7) is 2.23. The van der Waals surface area contributed by atoms with Gasteiger partial charge < -0.3 is 0 Å². The van der Waals surface area contributed by atoms with E-state index in [4.69, 9.17) is 0 Å². The minimum Gasteiger partial charge on any atom is -0.0922 e. The molecule has 0 radical (unpaired) electrons. The first-order valence-corrected chi connectivity index (χ1v) is 6.98. The largest absolute Gasteiger partial charge is 0.0922 e. The lowest BCUT2D eigenvalue weighted by Crippen LogP contribution is -2.21. The Morgan fingerprint density at radius 3 is 2.47 bits per heavy atom.